The smallest absolute Gasteiger partial charge is 0.263 e. The fourth-order valence-electron chi connectivity index (χ4n) is 2.62. The van der Waals surface area contributed by atoms with Gasteiger partial charge in [0.25, 0.3) is 5.91 Å². The molecule has 1 aromatic carbocycles. The molecule has 0 bridgehead atoms. The second-order valence-corrected chi connectivity index (χ2v) is 5.86. The molecule has 0 aliphatic heterocycles. The van der Waals surface area contributed by atoms with E-state index in [2.05, 4.69) is 12.1 Å². The van der Waals surface area contributed by atoms with E-state index in [0.29, 0.717) is 36.7 Å². The number of ether oxygens (including phenoxy) is 1. The van der Waals surface area contributed by atoms with Gasteiger partial charge in [0.15, 0.2) is 6.10 Å². The number of amides is 1. The maximum atomic E-state index is 12.6. The fraction of sp³-hybridized carbons (Fsp3) is 0.500. The molecule has 1 fully saturated rings. The average Bonchev–Trinajstić information content (AvgIpc) is 2.53. The van der Waals surface area contributed by atoms with Crippen molar-refractivity contribution in [2.45, 2.75) is 38.7 Å². The van der Waals surface area contributed by atoms with Gasteiger partial charge in [-0.05, 0) is 37.8 Å². The SMILES string of the molecule is CC(Oc1ccccc1C#N)C(=O)N(CCC#N)CC1CCC1. The number of nitrogens with zero attached hydrogens (tertiary/aromatic N) is 3. The summed E-state index contributed by atoms with van der Waals surface area (Å²) in [6.45, 7) is 2.81. The third-order valence-electron chi connectivity index (χ3n) is 4.17. The maximum absolute atomic E-state index is 12.6. The van der Waals surface area contributed by atoms with Crippen LogP contribution in [0.4, 0.5) is 0 Å². The molecule has 0 aromatic heterocycles. The van der Waals surface area contributed by atoms with Crippen LogP contribution in [0.25, 0.3) is 0 Å². The van der Waals surface area contributed by atoms with Crippen LogP contribution in [0.2, 0.25) is 0 Å². The zero-order valence-corrected chi connectivity index (χ0v) is 13.4. The fourth-order valence-corrected chi connectivity index (χ4v) is 2.62. The molecule has 1 saturated carbocycles. The molecule has 0 saturated heterocycles. The van der Waals surface area contributed by atoms with Crippen LogP contribution in [0.5, 0.6) is 5.75 Å². The molecule has 0 heterocycles. The Kier molecular flexibility index (Phi) is 6.00. The van der Waals surface area contributed by atoms with Gasteiger partial charge in [-0.25, -0.2) is 0 Å². The van der Waals surface area contributed by atoms with E-state index < -0.39 is 6.10 Å². The number of rotatable bonds is 7. The summed E-state index contributed by atoms with van der Waals surface area (Å²) < 4.78 is 5.70. The molecular formula is C18H21N3O2. The standard InChI is InChI=1S/C18H21N3O2/c1-14(23-17-9-3-2-8-16(17)12-20)18(22)21(11-5-10-19)13-15-6-4-7-15/h2-3,8-9,14-15H,4-7,11,13H2,1H3. The second-order valence-electron chi connectivity index (χ2n) is 5.86. The number of hydrogen-bond donors (Lipinski definition) is 0. The van der Waals surface area contributed by atoms with Crippen LogP contribution in [0.3, 0.4) is 0 Å². The van der Waals surface area contributed by atoms with Crippen molar-refractivity contribution < 1.29 is 9.53 Å². The van der Waals surface area contributed by atoms with Crippen molar-refractivity contribution in [3.63, 3.8) is 0 Å². The van der Waals surface area contributed by atoms with Gasteiger partial charge in [0.05, 0.1) is 18.1 Å². The lowest BCUT2D eigenvalue weighted by Gasteiger charge is -2.33. The summed E-state index contributed by atoms with van der Waals surface area (Å²) in [5.74, 6) is 0.829. The number of nitriles is 2. The maximum Gasteiger partial charge on any atom is 0.263 e. The minimum Gasteiger partial charge on any atom is -0.480 e. The predicted molar refractivity (Wildman–Crippen MR) is 85.4 cm³/mol. The van der Waals surface area contributed by atoms with Gasteiger partial charge in [0.1, 0.15) is 11.8 Å². The molecule has 23 heavy (non-hydrogen) atoms. The number of benzene rings is 1. The van der Waals surface area contributed by atoms with Crippen molar-refractivity contribution in [3.05, 3.63) is 29.8 Å². The molecule has 0 spiro atoms. The normalized spacial score (nSPS) is 14.9. The Hall–Kier alpha value is -2.53. The van der Waals surface area contributed by atoms with Gasteiger partial charge in [-0.15, -0.1) is 0 Å². The van der Waals surface area contributed by atoms with Crippen molar-refractivity contribution in [1.82, 2.24) is 4.90 Å². The van der Waals surface area contributed by atoms with Crippen LogP contribution < -0.4 is 4.74 Å². The third-order valence-corrected chi connectivity index (χ3v) is 4.17. The van der Waals surface area contributed by atoms with Crippen molar-refractivity contribution in [3.8, 4) is 17.9 Å². The average molecular weight is 311 g/mol. The molecule has 1 aliphatic carbocycles. The predicted octanol–water partition coefficient (Wildman–Crippen LogP) is 2.87. The molecule has 1 aliphatic rings. The number of hydrogen-bond acceptors (Lipinski definition) is 4. The zero-order valence-electron chi connectivity index (χ0n) is 13.4. The molecule has 1 atom stereocenters. The van der Waals surface area contributed by atoms with E-state index in [1.807, 2.05) is 0 Å². The van der Waals surface area contributed by atoms with E-state index in [0.717, 1.165) is 12.8 Å². The highest BCUT2D eigenvalue weighted by Gasteiger charge is 2.27. The lowest BCUT2D eigenvalue weighted by Crippen LogP contribution is -2.44. The Morgan fingerprint density at radius 3 is 2.74 bits per heavy atom. The largest absolute Gasteiger partial charge is 0.480 e. The minimum absolute atomic E-state index is 0.125. The molecule has 0 radical (unpaired) electrons. The zero-order chi connectivity index (χ0) is 16.7. The highest BCUT2D eigenvalue weighted by Crippen LogP contribution is 2.27. The van der Waals surface area contributed by atoms with Gasteiger partial charge in [-0.3, -0.25) is 4.79 Å². The summed E-state index contributed by atoms with van der Waals surface area (Å²) in [7, 11) is 0. The van der Waals surface area contributed by atoms with Crippen LogP contribution in [-0.4, -0.2) is 30.0 Å². The molecule has 0 N–H and O–H groups in total. The monoisotopic (exact) mass is 311 g/mol. The van der Waals surface area contributed by atoms with Crippen molar-refractivity contribution in [2.75, 3.05) is 13.1 Å². The summed E-state index contributed by atoms with van der Waals surface area (Å²) in [5.41, 5.74) is 0.412. The summed E-state index contributed by atoms with van der Waals surface area (Å²) in [5, 5.41) is 17.9. The van der Waals surface area contributed by atoms with Crippen LogP contribution in [-0.2, 0) is 4.79 Å². The molecular weight excluding hydrogens is 290 g/mol. The lowest BCUT2D eigenvalue weighted by atomic mass is 9.85. The Balaban J connectivity index is 2.02. The van der Waals surface area contributed by atoms with Crippen LogP contribution in [0.1, 0.15) is 38.2 Å². The molecule has 5 nitrogen and oxygen atoms in total. The van der Waals surface area contributed by atoms with Crippen molar-refractivity contribution in [2.24, 2.45) is 5.92 Å². The van der Waals surface area contributed by atoms with E-state index >= 15 is 0 Å². The molecule has 5 heteroatoms. The molecule has 2 rings (SSSR count). The number of carbonyl (C=O) groups excluding carboxylic acids is 1. The van der Waals surface area contributed by atoms with Crippen LogP contribution in [0.15, 0.2) is 24.3 Å². The van der Waals surface area contributed by atoms with Gasteiger partial charge >= 0.3 is 0 Å². The second kappa shape index (κ2) is 8.19. The van der Waals surface area contributed by atoms with Gasteiger partial charge in [-0.2, -0.15) is 10.5 Å². The highest BCUT2D eigenvalue weighted by atomic mass is 16.5. The number of carbonyl (C=O) groups is 1. The first-order valence-electron chi connectivity index (χ1n) is 7.97. The van der Waals surface area contributed by atoms with Crippen LogP contribution >= 0.6 is 0 Å². The number of para-hydroxylation sites is 1. The van der Waals surface area contributed by atoms with E-state index in [9.17, 15) is 4.79 Å². The summed E-state index contributed by atoms with van der Waals surface area (Å²) >= 11 is 0. The topological polar surface area (TPSA) is 77.1 Å². The summed E-state index contributed by atoms with van der Waals surface area (Å²) in [6.07, 6.45) is 3.14. The molecule has 1 amide bonds. The highest BCUT2D eigenvalue weighted by molar-refractivity contribution is 5.81. The summed E-state index contributed by atoms with van der Waals surface area (Å²) in [4.78, 5) is 14.4. The van der Waals surface area contributed by atoms with Gasteiger partial charge in [0, 0.05) is 13.1 Å². The molecule has 120 valence electrons. The molecule has 1 unspecified atom stereocenters. The van der Waals surface area contributed by atoms with Crippen molar-refractivity contribution in [1.29, 1.82) is 10.5 Å². The first-order valence-corrected chi connectivity index (χ1v) is 7.97. The quantitative estimate of drug-likeness (QED) is 0.775. The molecule has 1 aromatic rings. The van der Waals surface area contributed by atoms with E-state index in [4.69, 9.17) is 15.3 Å². The van der Waals surface area contributed by atoms with Crippen LogP contribution in [0, 0.1) is 28.6 Å². The van der Waals surface area contributed by atoms with E-state index in [1.54, 1.807) is 36.1 Å². The Morgan fingerprint density at radius 2 is 2.13 bits per heavy atom. The first kappa shape index (κ1) is 16.8. The van der Waals surface area contributed by atoms with Crippen molar-refractivity contribution >= 4 is 5.91 Å². The first-order chi connectivity index (χ1) is 11.2. The van der Waals surface area contributed by atoms with Gasteiger partial charge in [0.2, 0.25) is 0 Å². The minimum atomic E-state index is -0.678. The Morgan fingerprint density at radius 1 is 1.39 bits per heavy atom. The Bertz CT molecular complexity index is 626. The third kappa shape index (κ3) is 4.47. The van der Waals surface area contributed by atoms with Gasteiger partial charge in [-0.1, -0.05) is 18.6 Å². The summed E-state index contributed by atoms with van der Waals surface area (Å²) in [6, 6.07) is 11.0. The Labute approximate surface area is 137 Å². The van der Waals surface area contributed by atoms with E-state index in [1.165, 1.54) is 6.42 Å². The lowest BCUT2D eigenvalue weighted by molar-refractivity contribution is -0.139. The van der Waals surface area contributed by atoms with Gasteiger partial charge < -0.3 is 9.64 Å². The van der Waals surface area contributed by atoms with E-state index in [-0.39, 0.29) is 5.91 Å².